The monoisotopic (exact) mass is 341 g/mol. The lowest BCUT2D eigenvalue weighted by Gasteiger charge is -2.16. The fourth-order valence-corrected chi connectivity index (χ4v) is 2.87. The molecule has 6 heteroatoms. The summed E-state index contributed by atoms with van der Waals surface area (Å²) in [7, 11) is 1.55. The summed E-state index contributed by atoms with van der Waals surface area (Å²) in [5, 5.41) is 11.9. The predicted molar refractivity (Wildman–Crippen MR) is 77.8 cm³/mol. The second kappa shape index (κ2) is 6.26. The van der Waals surface area contributed by atoms with Crippen LogP contribution in [0, 0.1) is 11.8 Å². The van der Waals surface area contributed by atoms with Gasteiger partial charge in [0, 0.05) is 10.5 Å². The molecule has 108 valence electrons. The molecule has 0 heterocycles. The van der Waals surface area contributed by atoms with E-state index in [1.54, 1.807) is 25.3 Å². The lowest BCUT2D eigenvalue weighted by atomic mass is 9.95. The molecule has 0 spiro atoms. The molecule has 5 nitrogen and oxygen atoms in total. The number of carbonyl (C=O) groups excluding carboxylic acids is 1. The first-order valence-electron chi connectivity index (χ1n) is 6.40. The maximum absolute atomic E-state index is 12.2. The number of rotatable bonds is 4. The number of ether oxygens (including phenoxy) is 1. The van der Waals surface area contributed by atoms with Gasteiger partial charge in [-0.2, -0.15) is 0 Å². The largest absolute Gasteiger partial charge is 0.497 e. The number of aliphatic carboxylic acids is 1. The number of carboxylic acid groups (broad SMARTS) is 1. The van der Waals surface area contributed by atoms with Gasteiger partial charge < -0.3 is 15.2 Å². The third kappa shape index (κ3) is 3.12. The van der Waals surface area contributed by atoms with E-state index in [4.69, 9.17) is 9.84 Å². The number of anilines is 1. The zero-order chi connectivity index (χ0) is 14.7. The minimum absolute atomic E-state index is 0.246. The van der Waals surface area contributed by atoms with Gasteiger partial charge in [0.1, 0.15) is 5.75 Å². The van der Waals surface area contributed by atoms with E-state index < -0.39 is 17.8 Å². The zero-order valence-corrected chi connectivity index (χ0v) is 12.6. The summed E-state index contributed by atoms with van der Waals surface area (Å²) >= 11 is 3.35. The second-order valence-electron chi connectivity index (χ2n) is 4.82. The van der Waals surface area contributed by atoms with Crippen molar-refractivity contribution in [1.82, 2.24) is 0 Å². The Morgan fingerprint density at radius 2 is 2.05 bits per heavy atom. The third-order valence-electron chi connectivity index (χ3n) is 3.60. The van der Waals surface area contributed by atoms with Crippen LogP contribution in [0.3, 0.4) is 0 Å². The van der Waals surface area contributed by atoms with E-state index in [9.17, 15) is 9.59 Å². The van der Waals surface area contributed by atoms with Gasteiger partial charge in [0.15, 0.2) is 0 Å². The van der Waals surface area contributed by atoms with Gasteiger partial charge >= 0.3 is 5.97 Å². The molecule has 0 aliphatic heterocycles. The summed E-state index contributed by atoms with van der Waals surface area (Å²) < 4.78 is 5.84. The SMILES string of the molecule is COc1ccc(Br)c(NC(=O)C2CCCC2C(=O)O)c1. The Kier molecular flexibility index (Phi) is 4.65. The number of carboxylic acids is 1. The van der Waals surface area contributed by atoms with Gasteiger partial charge in [-0.1, -0.05) is 6.42 Å². The van der Waals surface area contributed by atoms with Crippen LogP contribution in [0.4, 0.5) is 5.69 Å². The molecule has 0 aromatic heterocycles. The highest BCUT2D eigenvalue weighted by atomic mass is 79.9. The highest BCUT2D eigenvalue weighted by molar-refractivity contribution is 9.10. The molecular formula is C14H16BrNO4. The third-order valence-corrected chi connectivity index (χ3v) is 4.29. The molecular weight excluding hydrogens is 326 g/mol. The van der Waals surface area contributed by atoms with Crippen molar-refractivity contribution in [3.63, 3.8) is 0 Å². The van der Waals surface area contributed by atoms with Gasteiger partial charge in [-0.05, 0) is 40.9 Å². The van der Waals surface area contributed by atoms with Gasteiger partial charge in [-0.15, -0.1) is 0 Å². The standard InChI is InChI=1S/C14H16BrNO4/c1-20-8-5-6-11(15)12(7-8)16-13(17)9-3-2-4-10(9)14(18)19/h5-7,9-10H,2-4H2,1H3,(H,16,17)(H,18,19). The minimum atomic E-state index is -0.896. The maximum Gasteiger partial charge on any atom is 0.307 e. The summed E-state index contributed by atoms with van der Waals surface area (Å²) in [5.41, 5.74) is 0.588. The lowest BCUT2D eigenvalue weighted by Crippen LogP contribution is -2.30. The van der Waals surface area contributed by atoms with Crippen LogP contribution < -0.4 is 10.1 Å². The van der Waals surface area contributed by atoms with Crippen LogP contribution >= 0.6 is 15.9 Å². The molecule has 1 amide bonds. The topological polar surface area (TPSA) is 75.6 Å². The van der Waals surface area contributed by atoms with E-state index in [0.717, 1.165) is 10.9 Å². The Bertz CT molecular complexity index is 532. The quantitative estimate of drug-likeness (QED) is 0.882. The number of hydrogen-bond donors (Lipinski definition) is 2. The van der Waals surface area contributed by atoms with Gasteiger partial charge in [0.25, 0.3) is 0 Å². The highest BCUT2D eigenvalue weighted by Gasteiger charge is 2.37. The molecule has 1 aromatic rings. The second-order valence-corrected chi connectivity index (χ2v) is 5.67. The number of amides is 1. The van der Waals surface area contributed by atoms with Crippen LogP contribution in [0.1, 0.15) is 19.3 Å². The van der Waals surface area contributed by atoms with Crippen molar-refractivity contribution in [3.8, 4) is 5.75 Å². The van der Waals surface area contributed by atoms with Gasteiger partial charge in [0.05, 0.1) is 24.6 Å². The summed E-state index contributed by atoms with van der Waals surface area (Å²) in [6.45, 7) is 0. The Morgan fingerprint density at radius 1 is 1.35 bits per heavy atom. The first kappa shape index (κ1) is 14.8. The predicted octanol–water partition coefficient (Wildman–Crippen LogP) is 2.90. The first-order chi connectivity index (χ1) is 9.52. The Balaban J connectivity index is 2.13. The number of benzene rings is 1. The molecule has 1 aliphatic carbocycles. The fourth-order valence-electron chi connectivity index (χ4n) is 2.52. The number of hydrogen-bond acceptors (Lipinski definition) is 3. The van der Waals surface area contributed by atoms with Crippen molar-refractivity contribution in [2.45, 2.75) is 19.3 Å². The van der Waals surface area contributed by atoms with E-state index in [-0.39, 0.29) is 5.91 Å². The molecule has 2 N–H and O–H groups in total. The lowest BCUT2D eigenvalue weighted by molar-refractivity contribution is -0.145. The average Bonchev–Trinajstić information content (AvgIpc) is 2.90. The Morgan fingerprint density at radius 3 is 2.70 bits per heavy atom. The van der Waals surface area contributed by atoms with Crippen molar-refractivity contribution in [1.29, 1.82) is 0 Å². The summed E-state index contributed by atoms with van der Waals surface area (Å²) in [6.07, 6.45) is 1.95. The van der Waals surface area contributed by atoms with Crippen LogP contribution in [0.2, 0.25) is 0 Å². The van der Waals surface area contributed by atoms with Crippen LogP contribution in [0.15, 0.2) is 22.7 Å². The zero-order valence-electron chi connectivity index (χ0n) is 11.1. The molecule has 0 bridgehead atoms. The molecule has 1 saturated carbocycles. The number of carbonyl (C=O) groups is 2. The van der Waals surface area contributed by atoms with Gasteiger partial charge in [-0.25, -0.2) is 0 Å². The number of nitrogens with one attached hydrogen (secondary N) is 1. The molecule has 1 aliphatic rings. The van der Waals surface area contributed by atoms with Crippen LogP contribution in [0.5, 0.6) is 5.75 Å². The first-order valence-corrected chi connectivity index (χ1v) is 7.19. The fraction of sp³-hybridized carbons (Fsp3) is 0.429. The number of halogens is 1. The van der Waals surface area contributed by atoms with Crippen molar-refractivity contribution in [2.24, 2.45) is 11.8 Å². The van der Waals surface area contributed by atoms with Crippen molar-refractivity contribution in [3.05, 3.63) is 22.7 Å². The molecule has 2 unspecified atom stereocenters. The summed E-state index contributed by atoms with van der Waals surface area (Å²) in [6, 6.07) is 5.25. The van der Waals surface area contributed by atoms with Crippen molar-refractivity contribution in [2.75, 3.05) is 12.4 Å². The summed E-state index contributed by atoms with van der Waals surface area (Å²) in [4.78, 5) is 23.4. The summed E-state index contributed by atoms with van der Waals surface area (Å²) in [5.74, 6) is -1.56. The maximum atomic E-state index is 12.2. The number of methoxy groups -OCH3 is 1. The van der Waals surface area contributed by atoms with Crippen LogP contribution in [0.25, 0.3) is 0 Å². The molecule has 2 rings (SSSR count). The Hall–Kier alpha value is -1.56. The van der Waals surface area contributed by atoms with E-state index in [1.807, 2.05) is 0 Å². The van der Waals surface area contributed by atoms with Gasteiger partial charge in [0.2, 0.25) is 5.91 Å². The highest BCUT2D eigenvalue weighted by Crippen LogP contribution is 2.34. The molecule has 1 aromatic carbocycles. The average molecular weight is 342 g/mol. The molecule has 20 heavy (non-hydrogen) atoms. The Labute approximate surface area is 125 Å². The van der Waals surface area contributed by atoms with E-state index in [1.165, 1.54) is 0 Å². The normalized spacial score (nSPS) is 21.5. The van der Waals surface area contributed by atoms with E-state index in [2.05, 4.69) is 21.2 Å². The van der Waals surface area contributed by atoms with Crippen molar-refractivity contribution >= 4 is 33.5 Å². The van der Waals surface area contributed by atoms with Crippen molar-refractivity contribution < 1.29 is 19.4 Å². The molecule has 2 atom stereocenters. The molecule has 1 fully saturated rings. The van der Waals surface area contributed by atoms with E-state index in [0.29, 0.717) is 24.3 Å². The van der Waals surface area contributed by atoms with Gasteiger partial charge in [-0.3, -0.25) is 9.59 Å². The van der Waals surface area contributed by atoms with Crippen LogP contribution in [-0.4, -0.2) is 24.1 Å². The smallest absolute Gasteiger partial charge is 0.307 e. The van der Waals surface area contributed by atoms with Crippen LogP contribution in [-0.2, 0) is 9.59 Å². The molecule has 0 saturated heterocycles. The van der Waals surface area contributed by atoms with E-state index >= 15 is 0 Å². The molecule has 0 radical (unpaired) electrons. The minimum Gasteiger partial charge on any atom is -0.497 e.